The summed E-state index contributed by atoms with van der Waals surface area (Å²) in [6, 6.07) is 17.7. The van der Waals surface area contributed by atoms with Crippen LogP contribution in [0.5, 0.6) is 5.75 Å². The van der Waals surface area contributed by atoms with E-state index >= 15 is 0 Å². The lowest BCUT2D eigenvalue weighted by molar-refractivity contribution is -0.114. The number of hydrogen-bond acceptors (Lipinski definition) is 8. The van der Waals surface area contributed by atoms with Crippen LogP contribution in [0.2, 0.25) is 0 Å². The fourth-order valence-corrected chi connectivity index (χ4v) is 4.71. The largest absolute Gasteiger partial charge is 0.497 e. The number of para-hydroxylation sites is 1. The third-order valence-electron chi connectivity index (χ3n) is 5.10. The highest BCUT2D eigenvalue weighted by Gasteiger charge is 2.28. The van der Waals surface area contributed by atoms with Crippen LogP contribution in [0.25, 0.3) is 0 Å². The van der Waals surface area contributed by atoms with Gasteiger partial charge in [0.25, 0.3) is 10.0 Å². The number of nitrogens with zero attached hydrogens (tertiary/aromatic N) is 1. The first-order valence-electron chi connectivity index (χ1n) is 10.5. The van der Waals surface area contributed by atoms with Crippen molar-refractivity contribution in [3.05, 3.63) is 83.9 Å². The number of hydrogen-bond donors (Lipinski definition) is 1. The minimum atomic E-state index is -4.17. The Bertz CT molecular complexity index is 1360. The molecule has 0 aliphatic heterocycles. The number of carbonyl (C=O) groups is 3. The topological polar surface area (TPSA) is 128 Å². The van der Waals surface area contributed by atoms with Gasteiger partial charge in [0.05, 0.1) is 48.7 Å². The first-order valence-corrected chi connectivity index (χ1v) is 12.0. The molecule has 0 fully saturated rings. The summed E-state index contributed by atoms with van der Waals surface area (Å²) in [4.78, 5) is 37.2. The number of rotatable bonds is 9. The Morgan fingerprint density at radius 3 is 2.06 bits per heavy atom. The molecular formula is C25H24N2O8S. The van der Waals surface area contributed by atoms with Gasteiger partial charge >= 0.3 is 11.9 Å². The van der Waals surface area contributed by atoms with Crippen molar-refractivity contribution in [1.82, 2.24) is 0 Å². The van der Waals surface area contributed by atoms with Crippen LogP contribution in [0.15, 0.2) is 77.7 Å². The third kappa shape index (κ3) is 5.81. The predicted octanol–water partition coefficient (Wildman–Crippen LogP) is 3.10. The number of carbonyl (C=O) groups excluding carboxylic acids is 3. The Morgan fingerprint density at radius 1 is 0.833 bits per heavy atom. The lowest BCUT2D eigenvalue weighted by Gasteiger charge is -2.24. The van der Waals surface area contributed by atoms with E-state index in [1.807, 2.05) is 0 Å². The van der Waals surface area contributed by atoms with Crippen LogP contribution >= 0.6 is 0 Å². The molecule has 0 spiro atoms. The van der Waals surface area contributed by atoms with E-state index in [0.717, 1.165) is 4.31 Å². The van der Waals surface area contributed by atoms with Gasteiger partial charge in [0.1, 0.15) is 12.3 Å². The average molecular weight is 513 g/mol. The molecule has 0 atom stereocenters. The molecule has 0 radical (unpaired) electrons. The summed E-state index contributed by atoms with van der Waals surface area (Å²) >= 11 is 0. The van der Waals surface area contributed by atoms with Crippen molar-refractivity contribution in [1.29, 1.82) is 0 Å². The summed E-state index contributed by atoms with van der Waals surface area (Å²) in [6.07, 6.45) is 0. The lowest BCUT2D eigenvalue weighted by atomic mass is 10.1. The Balaban J connectivity index is 1.97. The highest BCUT2D eigenvalue weighted by atomic mass is 32.2. The molecule has 188 valence electrons. The Hall–Kier alpha value is -4.38. The Kier molecular flexibility index (Phi) is 8.28. The molecule has 0 unspecified atom stereocenters. The van der Waals surface area contributed by atoms with E-state index < -0.39 is 34.4 Å². The second-order valence-electron chi connectivity index (χ2n) is 7.31. The molecule has 3 aromatic rings. The fourth-order valence-electron chi connectivity index (χ4n) is 3.28. The normalized spacial score (nSPS) is 10.8. The SMILES string of the molecule is COC(=O)c1ccc(C(=O)OC)c(NC(=O)CN(c2ccccc2)S(=O)(=O)c2ccc(OC)cc2)c1. The number of amides is 1. The molecule has 10 nitrogen and oxygen atoms in total. The van der Waals surface area contributed by atoms with Gasteiger partial charge in [-0.05, 0) is 54.6 Å². The van der Waals surface area contributed by atoms with Gasteiger partial charge < -0.3 is 19.5 Å². The van der Waals surface area contributed by atoms with Crippen molar-refractivity contribution in [3.63, 3.8) is 0 Å². The van der Waals surface area contributed by atoms with E-state index in [0.29, 0.717) is 5.75 Å². The zero-order valence-electron chi connectivity index (χ0n) is 19.8. The van der Waals surface area contributed by atoms with Gasteiger partial charge in [0.2, 0.25) is 5.91 Å². The molecule has 1 N–H and O–H groups in total. The summed E-state index contributed by atoms with van der Waals surface area (Å²) in [5, 5.41) is 2.51. The minimum Gasteiger partial charge on any atom is -0.497 e. The maximum absolute atomic E-state index is 13.5. The Morgan fingerprint density at radius 2 is 1.47 bits per heavy atom. The van der Waals surface area contributed by atoms with Crippen molar-refractivity contribution in [2.45, 2.75) is 4.90 Å². The molecule has 36 heavy (non-hydrogen) atoms. The predicted molar refractivity (Wildman–Crippen MR) is 132 cm³/mol. The number of methoxy groups -OCH3 is 3. The summed E-state index contributed by atoms with van der Waals surface area (Å²) in [7, 11) is -0.353. The standard InChI is InChI=1S/C25H24N2O8S/c1-33-19-10-12-20(13-11-19)36(31,32)27(18-7-5-4-6-8-18)16-23(28)26-22-15-17(24(29)34-2)9-14-21(22)25(30)35-3/h4-15H,16H2,1-3H3,(H,26,28). The minimum absolute atomic E-state index is 0.0252. The molecule has 11 heteroatoms. The number of benzene rings is 3. The maximum atomic E-state index is 13.5. The van der Waals surface area contributed by atoms with Crippen LogP contribution in [0.1, 0.15) is 20.7 Å². The molecule has 0 heterocycles. The second kappa shape index (κ2) is 11.4. The molecule has 0 saturated carbocycles. The molecule has 0 aliphatic carbocycles. The van der Waals surface area contributed by atoms with Crippen LogP contribution in [0.4, 0.5) is 11.4 Å². The van der Waals surface area contributed by atoms with Gasteiger partial charge in [-0.2, -0.15) is 0 Å². The van der Waals surface area contributed by atoms with Gasteiger partial charge in [-0.3, -0.25) is 9.10 Å². The average Bonchev–Trinajstić information content (AvgIpc) is 2.91. The molecule has 0 saturated heterocycles. The van der Waals surface area contributed by atoms with E-state index in [4.69, 9.17) is 14.2 Å². The number of sulfonamides is 1. The van der Waals surface area contributed by atoms with E-state index in [-0.39, 0.29) is 27.4 Å². The van der Waals surface area contributed by atoms with Crippen molar-refractivity contribution >= 4 is 39.2 Å². The molecule has 0 bridgehead atoms. The molecule has 3 aromatic carbocycles. The summed E-state index contributed by atoms with van der Waals surface area (Å²) in [5.41, 5.74) is 0.263. The molecule has 0 aliphatic rings. The van der Waals surface area contributed by atoms with Gasteiger partial charge in [-0.1, -0.05) is 18.2 Å². The monoisotopic (exact) mass is 512 g/mol. The zero-order valence-corrected chi connectivity index (χ0v) is 20.6. The van der Waals surface area contributed by atoms with Crippen molar-refractivity contribution < 1.29 is 37.0 Å². The van der Waals surface area contributed by atoms with Crippen LogP contribution in [-0.2, 0) is 24.3 Å². The fraction of sp³-hybridized carbons (Fsp3) is 0.160. The Labute approximate surface area is 208 Å². The quantitative estimate of drug-likeness (QED) is 0.433. The van der Waals surface area contributed by atoms with Crippen LogP contribution in [0, 0.1) is 0 Å². The van der Waals surface area contributed by atoms with Gasteiger partial charge in [0.15, 0.2) is 0 Å². The molecule has 0 aromatic heterocycles. The van der Waals surface area contributed by atoms with Gasteiger partial charge in [0, 0.05) is 0 Å². The highest BCUT2D eigenvalue weighted by Crippen LogP contribution is 2.26. The molecular weight excluding hydrogens is 488 g/mol. The van der Waals surface area contributed by atoms with Crippen molar-refractivity contribution in [2.75, 3.05) is 37.5 Å². The number of esters is 2. The van der Waals surface area contributed by atoms with Crippen molar-refractivity contribution in [2.24, 2.45) is 0 Å². The first-order chi connectivity index (χ1) is 17.2. The maximum Gasteiger partial charge on any atom is 0.339 e. The zero-order chi connectivity index (χ0) is 26.3. The summed E-state index contributed by atoms with van der Waals surface area (Å²) < 4.78 is 42.4. The van der Waals surface area contributed by atoms with E-state index in [2.05, 4.69) is 5.32 Å². The van der Waals surface area contributed by atoms with E-state index in [1.165, 1.54) is 63.8 Å². The van der Waals surface area contributed by atoms with E-state index in [1.54, 1.807) is 30.3 Å². The third-order valence-corrected chi connectivity index (χ3v) is 6.89. The van der Waals surface area contributed by atoms with Gasteiger partial charge in [-0.25, -0.2) is 18.0 Å². The molecule has 1 amide bonds. The van der Waals surface area contributed by atoms with Crippen molar-refractivity contribution in [3.8, 4) is 5.75 Å². The number of nitrogens with one attached hydrogen (secondary N) is 1. The highest BCUT2D eigenvalue weighted by molar-refractivity contribution is 7.92. The van der Waals surface area contributed by atoms with E-state index in [9.17, 15) is 22.8 Å². The summed E-state index contributed by atoms with van der Waals surface area (Å²) in [6.45, 7) is -0.624. The smallest absolute Gasteiger partial charge is 0.339 e. The van der Waals surface area contributed by atoms with Crippen LogP contribution in [-0.4, -0.2) is 54.1 Å². The summed E-state index contributed by atoms with van der Waals surface area (Å²) in [5.74, 6) is -1.73. The van der Waals surface area contributed by atoms with Gasteiger partial charge in [-0.15, -0.1) is 0 Å². The second-order valence-corrected chi connectivity index (χ2v) is 9.18. The van der Waals surface area contributed by atoms with Crippen LogP contribution < -0.4 is 14.4 Å². The lowest BCUT2D eigenvalue weighted by Crippen LogP contribution is -2.38. The van der Waals surface area contributed by atoms with Crippen LogP contribution in [0.3, 0.4) is 0 Å². The number of anilines is 2. The number of ether oxygens (including phenoxy) is 3. The molecule has 3 rings (SSSR count). The first kappa shape index (κ1) is 26.2.